The molecule has 0 saturated heterocycles. The second kappa shape index (κ2) is 4.75. The molecule has 0 radical (unpaired) electrons. The molecule has 0 spiro atoms. The van der Waals surface area contributed by atoms with Crippen molar-refractivity contribution in [1.29, 1.82) is 0 Å². The molecule has 0 aromatic carbocycles. The first kappa shape index (κ1) is 11.9. The predicted octanol–water partition coefficient (Wildman–Crippen LogP) is 1.92. The Kier molecular flexibility index (Phi) is 3.33. The minimum absolute atomic E-state index is 0.318. The zero-order valence-electron chi connectivity index (χ0n) is 10.9. The molecule has 2 aromatic rings. The Morgan fingerprint density at radius 3 is 2.71 bits per heavy atom. The van der Waals surface area contributed by atoms with Crippen LogP contribution < -0.4 is 5.32 Å². The smallest absolute Gasteiger partial charge is 0.0540 e. The maximum absolute atomic E-state index is 4.27. The van der Waals surface area contributed by atoms with Crippen molar-refractivity contribution in [3.05, 3.63) is 41.5 Å². The van der Waals surface area contributed by atoms with Crippen LogP contribution in [0.4, 0.5) is 0 Å². The lowest BCUT2D eigenvalue weighted by atomic mass is 10.1. The molecule has 2 heterocycles. The quantitative estimate of drug-likeness (QED) is 0.874. The molecule has 92 valence electrons. The summed E-state index contributed by atoms with van der Waals surface area (Å²) >= 11 is 0. The molecule has 1 atom stereocenters. The maximum atomic E-state index is 4.27. The summed E-state index contributed by atoms with van der Waals surface area (Å²) in [6, 6.07) is 4.52. The van der Waals surface area contributed by atoms with Crippen LogP contribution in [0.25, 0.3) is 0 Å². The number of nitrogens with zero attached hydrogens (tertiary/aromatic N) is 3. The van der Waals surface area contributed by atoms with Crippen molar-refractivity contribution in [2.45, 2.75) is 26.4 Å². The molecule has 4 heteroatoms. The third-order valence-corrected chi connectivity index (χ3v) is 3.38. The minimum atomic E-state index is 0.318. The van der Waals surface area contributed by atoms with Gasteiger partial charge in [0, 0.05) is 49.8 Å². The van der Waals surface area contributed by atoms with Gasteiger partial charge in [-0.3, -0.25) is 4.68 Å². The number of nitrogens with one attached hydrogen (secondary N) is 1. The van der Waals surface area contributed by atoms with Crippen LogP contribution in [0.2, 0.25) is 0 Å². The molecule has 0 amide bonds. The van der Waals surface area contributed by atoms with Crippen LogP contribution >= 0.6 is 0 Å². The van der Waals surface area contributed by atoms with E-state index in [1.165, 1.54) is 17.0 Å². The van der Waals surface area contributed by atoms with E-state index in [1.807, 2.05) is 17.9 Å². The Morgan fingerprint density at radius 2 is 2.18 bits per heavy atom. The largest absolute Gasteiger partial charge is 0.353 e. The van der Waals surface area contributed by atoms with Gasteiger partial charge in [0.1, 0.15) is 0 Å². The fraction of sp³-hybridized carbons (Fsp3) is 0.462. The lowest BCUT2D eigenvalue weighted by molar-refractivity contribution is 0.554. The summed E-state index contributed by atoms with van der Waals surface area (Å²) < 4.78 is 4.05. The number of aromatic nitrogens is 3. The first-order valence-electron chi connectivity index (χ1n) is 5.91. The predicted molar refractivity (Wildman–Crippen MR) is 68.6 cm³/mol. The second-order valence-corrected chi connectivity index (χ2v) is 4.52. The summed E-state index contributed by atoms with van der Waals surface area (Å²) in [5.74, 6) is 0. The van der Waals surface area contributed by atoms with E-state index < -0.39 is 0 Å². The van der Waals surface area contributed by atoms with Crippen LogP contribution in [-0.4, -0.2) is 14.3 Å². The molecular weight excluding hydrogens is 212 g/mol. The van der Waals surface area contributed by atoms with Gasteiger partial charge in [0.15, 0.2) is 0 Å². The lowest BCUT2D eigenvalue weighted by Gasteiger charge is -2.14. The second-order valence-electron chi connectivity index (χ2n) is 4.52. The average Bonchev–Trinajstić information content (AvgIpc) is 2.84. The summed E-state index contributed by atoms with van der Waals surface area (Å²) in [7, 11) is 4.04. The molecule has 17 heavy (non-hydrogen) atoms. The highest BCUT2D eigenvalue weighted by Gasteiger charge is 2.11. The fourth-order valence-corrected chi connectivity index (χ4v) is 1.99. The Hall–Kier alpha value is -1.55. The standard InChI is InChI=1S/C13H20N4/c1-10(13-9-15-17(4)11(13)2)14-8-12-6-5-7-16(12)3/h5-7,9-10,14H,8H2,1-4H3. The number of rotatable bonds is 4. The van der Waals surface area contributed by atoms with Gasteiger partial charge in [0.2, 0.25) is 0 Å². The summed E-state index contributed by atoms with van der Waals surface area (Å²) in [4.78, 5) is 0. The normalized spacial score (nSPS) is 12.9. The third kappa shape index (κ3) is 2.42. The fourth-order valence-electron chi connectivity index (χ4n) is 1.99. The van der Waals surface area contributed by atoms with E-state index in [9.17, 15) is 0 Å². The Labute approximate surface area is 102 Å². The SMILES string of the molecule is Cc1c(C(C)NCc2cccn2C)cnn1C. The van der Waals surface area contributed by atoms with Crippen LogP contribution in [0, 0.1) is 6.92 Å². The molecule has 0 saturated carbocycles. The molecule has 0 aliphatic rings. The molecule has 0 aliphatic carbocycles. The highest BCUT2D eigenvalue weighted by atomic mass is 15.3. The molecule has 0 bridgehead atoms. The molecule has 0 fully saturated rings. The van der Waals surface area contributed by atoms with Crippen LogP contribution in [-0.2, 0) is 20.6 Å². The van der Waals surface area contributed by atoms with Crippen molar-refractivity contribution in [3.63, 3.8) is 0 Å². The van der Waals surface area contributed by atoms with Crippen LogP contribution in [0.5, 0.6) is 0 Å². The van der Waals surface area contributed by atoms with Crippen LogP contribution in [0.3, 0.4) is 0 Å². The summed E-state index contributed by atoms with van der Waals surface area (Å²) in [6.07, 6.45) is 4.01. The number of hydrogen-bond donors (Lipinski definition) is 1. The van der Waals surface area contributed by atoms with Gasteiger partial charge in [-0.2, -0.15) is 5.10 Å². The van der Waals surface area contributed by atoms with Crippen molar-refractivity contribution in [1.82, 2.24) is 19.7 Å². The van der Waals surface area contributed by atoms with Crippen LogP contribution in [0.1, 0.15) is 29.9 Å². The van der Waals surface area contributed by atoms with Crippen molar-refractivity contribution < 1.29 is 0 Å². The van der Waals surface area contributed by atoms with Gasteiger partial charge in [0.25, 0.3) is 0 Å². The first-order valence-corrected chi connectivity index (χ1v) is 5.91. The number of hydrogen-bond acceptors (Lipinski definition) is 2. The zero-order valence-corrected chi connectivity index (χ0v) is 10.9. The van der Waals surface area contributed by atoms with E-state index in [1.54, 1.807) is 0 Å². The Morgan fingerprint density at radius 1 is 1.41 bits per heavy atom. The van der Waals surface area contributed by atoms with E-state index >= 15 is 0 Å². The third-order valence-electron chi connectivity index (χ3n) is 3.38. The molecule has 4 nitrogen and oxygen atoms in total. The lowest BCUT2D eigenvalue weighted by Crippen LogP contribution is -2.20. The van der Waals surface area contributed by atoms with E-state index in [-0.39, 0.29) is 0 Å². The number of aryl methyl sites for hydroxylation is 2. The summed E-state index contributed by atoms with van der Waals surface area (Å²) in [5.41, 5.74) is 3.77. The molecule has 1 N–H and O–H groups in total. The monoisotopic (exact) mass is 232 g/mol. The van der Waals surface area contributed by atoms with Gasteiger partial charge in [0.05, 0.1) is 6.20 Å². The van der Waals surface area contributed by atoms with Crippen molar-refractivity contribution in [2.24, 2.45) is 14.1 Å². The van der Waals surface area contributed by atoms with Gasteiger partial charge in [-0.25, -0.2) is 0 Å². The van der Waals surface area contributed by atoms with E-state index in [4.69, 9.17) is 0 Å². The minimum Gasteiger partial charge on any atom is -0.353 e. The van der Waals surface area contributed by atoms with E-state index in [0.29, 0.717) is 6.04 Å². The molecular formula is C13H20N4. The van der Waals surface area contributed by atoms with Gasteiger partial charge >= 0.3 is 0 Å². The maximum Gasteiger partial charge on any atom is 0.0540 e. The molecule has 2 aromatic heterocycles. The summed E-state index contributed by atoms with van der Waals surface area (Å²) in [5, 5.41) is 7.79. The van der Waals surface area contributed by atoms with Gasteiger partial charge < -0.3 is 9.88 Å². The van der Waals surface area contributed by atoms with Crippen molar-refractivity contribution in [2.75, 3.05) is 0 Å². The van der Waals surface area contributed by atoms with Gasteiger partial charge in [-0.1, -0.05) is 0 Å². The Bertz CT molecular complexity index is 495. The molecule has 1 unspecified atom stereocenters. The molecule has 2 rings (SSSR count). The highest BCUT2D eigenvalue weighted by Crippen LogP contribution is 2.16. The van der Waals surface area contributed by atoms with Crippen molar-refractivity contribution in [3.8, 4) is 0 Å². The Balaban J connectivity index is 2.00. The first-order chi connectivity index (χ1) is 8.09. The summed E-state index contributed by atoms with van der Waals surface area (Å²) in [6.45, 7) is 5.15. The topological polar surface area (TPSA) is 34.8 Å². The van der Waals surface area contributed by atoms with Gasteiger partial charge in [-0.15, -0.1) is 0 Å². The van der Waals surface area contributed by atoms with Crippen LogP contribution in [0.15, 0.2) is 24.5 Å². The zero-order chi connectivity index (χ0) is 12.4. The van der Waals surface area contributed by atoms with E-state index in [0.717, 1.165) is 6.54 Å². The average molecular weight is 232 g/mol. The highest BCUT2D eigenvalue weighted by molar-refractivity contribution is 5.20. The molecule has 0 aliphatic heterocycles. The van der Waals surface area contributed by atoms with E-state index in [2.05, 4.69) is 54.2 Å². The van der Waals surface area contributed by atoms with Crippen molar-refractivity contribution >= 4 is 0 Å². The van der Waals surface area contributed by atoms with Gasteiger partial charge in [-0.05, 0) is 26.0 Å².